The lowest BCUT2D eigenvalue weighted by atomic mass is 10.0. The van der Waals surface area contributed by atoms with Gasteiger partial charge < -0.3 is 0 Å². The molecule has 0 rings (SSSR count). The Morgan fingerprint density at radius 3 is 1.43 bits per heavy atom. The molecule has 6 unspecified atom stereocenters. The van der Waals surface area contributed by atoms with E-state index < -0.39 is 74.7 Å². The monoisotopic (exact) mass is 538 g/mol. The summed E-state index contributed by atoms with van der Waals surface area (Å²) in [5, 5.41) is -7.49. The van der Waals surface area contributed by atoms with Crippen LogP contribution in [0.1, 0.15) is 32.6 Å². The molecule has 0 aromatic rings. The zero-order valence-corrected chi connectivity index (χ0v) is 20.8. The molecule has 16 heteroatoms. The minimum atomic E-state index is -4.79. The predicted octanol–water partition coefficient (Wildman–Crippen LogP) is 1.16. The van der Waals surface area contributed by atoms with Crippen LogP contribution in [0.4, 0.5) is 0 Å². The van der Waals surface area contributed by atoms with Gasteiger partial charge in [-0.15, -0.1) is 0 Å². The third-order valence-electron chi connectivity index (χ3n) is 4.05. The molecule has 0 aromatic heterocycles. The third-order valence-corrected chi connectivity index (χ3v) is 9.90. The maximum Gasteiger partial charge on any atom is 0.268 e. The summed E-state index contributed by atoms with van der Waals surface area (Å²) >= 11 is 16.1. The van der Waals surface area contributed by atoms with Crippen molar-refractivity contribution in [3.05, 3.63) is 0 Å². The van der Waals surface area contributed by atoms with Crippen LogP contribution in [-0.4, -0.2) is 76.2 Å². The van der Waals surface area contributed by atoms with Crippen LogP contribution < -0.4 is 0 Å². The van der Waals surface area contributed by atoms with E-state index in [1.807, 2.05) is 0 Å². The molecule has 0 aromatic carbocycles. The van der Waals surface area contributed by atoms with Crippen LogP contribution in [0.2, 0.25) is 0 Å². The van der Waals surface area contributed by atoms with Crippen LogP contribution >= 0.6 is 50.5 Å². The molecule has 0 amide bonds. The molecular formula is C12H26O9S7. The first-order valence-corrected chi connectivity index (χ1v) is 14.6. The van der Waals surface area contributed by atoms with Gasteiger partial charge in [0.2, 0.25) is 0 Å². The van der Waals surface area contributed by atoms with E-state index in [1.54, 1.807) is 6.92 Å². The van der Waals surface area contributed by atoms with Gasteiger partial charge in [-0.2, -0.15) is 75.8 Å². The molecule has 0 aliphatic heterocycles. The summed E-state index contributed by atoms with van der Waals surface area (Å²) in [6.45, 7) is 1.57. The maximum absolute atomic E-state index is 11.8. The van der Waals surface area contributed by atoms with Crippen molar-refractivity contribution in [1.82, 2.24) is 0 Å². The lowest BCUT2D eigenvalue weighted by Gasteiger charge is -2.28. The van der Waals surface area contributed by atoms with Crippen LogP contribution in [0.5, 0.6) is 0 Å². The Labute approximate surface area is 188 Å². The topological polar surface area (TPSA) is 163 Å². The maximum atomic E-state index is 11.8. The van der Waals surface area contributed by atoms with Crippen molar-refractivity contribution in [2.45, 2.75) is 64.1 Å². The fraction of sp³-hybridized carbons (Fsp3) is 1.00. The molecule has 0 saturated heterocycles. The fourth-order valence-electron chi connectivity index (χ4n) is 2.63. The molecule has 170 valence electrons. The van der Waals surface area contributed by atoms with Gasteiger partial charge in [-0.1, -0.05) is 6.92 Å². The highest BCUT2D eigenvalue weighted by atomic mass is 32.2. The van der Waals surface area contributed by atoms with Gasteiger partial charge in [0, 0.05) is 15.7 Å². The first-order chi connectivity index (χ1) is 12.4. The van der Waals surface area contributed by atoms with Gasteiger partial charge in [0.1, 0.15) is 0 Å². The summed E-state index contributed by atoms with van der Waals surface area (Å²) in [6.07, 6.45) is -1.21. The van der Waals surface area contributed by atoms with Gasteiger partial charge >= 0.3 is 0 Å². The SMILES string of the molecule is CC(S)CC(C(S)CC(C(S)CC(CCS)S(=O)(=O)O)S(=O)(=O)O)S(=O)(=O)O. The molecule has 0 fully saturated rings. The van der Waals surface area contributed by atoms with Crippen molar-refractivity contribution in [2.24, 2.45) is 0 Å². The molecule has 9 nitrogen and oxygen atoms in total. The first-order valence-electron chi connectivity index (χ1n) is 7.95. The fourth-order valence-corrected chi connectivity index (χ4v) is 8.29. The van der Waals surface area contributed by atoms with Crippen molar-refractivity contribution in [3.63, 3.8) is 0 Å². The summed E-state index contributed by atoms with van der Waals surface area (Å²) in [5.74, 6) is 0.0847. The second kappa shape index (κ2) is 11.7. The van der Waals surface area contributed by atoms with Gasteiger partial charge in [0.05, 0.1) is 15.7 Å². The van der Waals surface area contributed by atoms with E-state index in [9.17, 15) is 38.9 Å². The Morgan fingerprint density at radius 2 is 1.11 bits per heavy atom. The number of thiol groups is 4. The van der Waals surface area contributed by atoms with Crippen molar-refractivity contribution in [3.8, 4) is 0 Å². The molecule has 0 radical (unpaired) electrons. The summed E-state index contributed by atoms with van der Waals surface area (Å²) in [7, 11) is -13.9. The quantitative estimate of drug-likeness (QED) is 0.135. The predicted molar refractivity (Wildman–Crippen MR) is 122 cm³/mol. The first kappa shape index (κ1) is 29.1. The van der Waals surface area contributed by atoms with Crippen molar-refractivity contribution >= 4 is 80.9 Å². The lowest BCUT2D eigenvalue weighted by Crippen LogP contribution is -2.41. The Morgan fingerprint density at radius 1 is 0.714 bits per heavy atom. The van der Waals surface area contributed by atoms with E-state index >= 15 is 0 Å². The number of hydrogen-bond donors (Lipinski definition) is 7. The molecule has 0 spiro atoms. The standard InChI is InChI=1S/C12H26O9S7/c1-7(23)4-11(27(16,17)18)10(25)6-12(28(19,20)21)9(24)5-8(2-3-22)26(13,14)15/h7-12,22-25H,2-6H2,1H3,(H,13,14,15)(H,16,17,18)(H,19,20,21). The minimum Gasteiger partial charge on any atom is -0.285 e. The highest BCUT2D eigenvalue weighted by Gasteiger charge is 2.40. The van der Waals surface area contributed by atoms with Gasteiger partial charge in [-0.25, -0.2) is 0 Å². The van der Waals surface area contributed by atoms with Gasteiger partial charge in [-0.3, -0.25) is 13.7 Å². The van der Waals surface area contributed by atoms with E-state index in [2.05, 4.69) is 50.5 Å². The molecule has 0 bridgehead atoms. The van der Waals surface area contributed by atoms with Crippen LogP contribution in [0.3, 0.4) is 0 Å². The Bertz CT molecular complexity index is 791. The molecule has 28 heavy (non-hydrogen) atoms. The van der Waals surface area contributed by atoms with Gasteiger partial charge in [0.15, 0.2) is 0 Å². The average molecular weight is 539 g/mol. The zero-order chi connectivity index (χ0) is 22.5. The Balaban J connectivity index is 5.70. The second-order valence-electron chi connectivity index (χ2n) is 6.45. The molecule has 6 atom stereocenters. The third kappa shape index (κ3) is 10.4. The van der Waals surface area contributed by atoms with E-state index in [-0.39, 0.29) is 18.6 Å². The molecule has 0 aliphatic carbocycles. The zero-order valence-electron chi connectivity index (χ0n) is 14.8. The number of hydrogen-bond acceptors (Lipinski definition) is 10. The van der Waals surface area contributed by atoms with Crippen molar-refractivity contribution < 1.29 is 38.9 Å². The van der Waals surface area contributed by atoms with E-state index in [0.29, 0.717) is 0 Å². The Kier molecular flexibility index (Phi) is 12.1. The molecule has 3 N–H and O–H groups in total. The largest absolute Gasteiger partial charge is 0.285 e. The molecule has 0 saturated carbocycles. The minimum absolute atomic E-state index is 0.0847. The van der Waals surface area contributed by atoms with Crippen molar-refractivity contribution in [2.75, 3.05) is 5.75 Å². The lowest BCUT2D eigenvalue weighted by molar-refractivity contribution is 0.430. The second-order valence-corrected chi connectivity index (χ2v) is 14.1. The summed E-state index contributed by atoms with van der Waals surface area (Å²) in [5.41, 5.74) is 0. The van der Waals surface area contributed by atoms with Crippen molar-refractivity contribution in [1.29, 1.82) is 0 Å². The van der Waals surface area contributed by atoms with Crippen LogP contribution in [-0.2, 0) is 30.4 Å². The van der Waals surface area contributed by atoms with E-state index in [1.165, 1.54) is 0 Å². The summed E-state index contributed by atoms with van der Waals surface area (Å²) in [4.78, 5) is 0. The molecular weight excluding hydrogens is 513 g/mol. The normalized spacial score (nSPS) is 20.1. The van der Waals surface area contributed by atoms with Crippen LogP contribution in [0.25, 0.3) is 0 Å². The van der Waals surface area contributed by atoms with E-state index in [4.69, 9.17) is 0 Å². The van der Waals surface area contributed by atoms with Gasteiger partial charge in [0.25, 0.3) is 30.4 Å². The highest BCUT2D eigenvalue weighted by Crippen LogP contribution is 2.29. The van der Waals surface area contributed by atoms with Crippen LogP contribution in [0, 0.1) is 0 Å². The summed E-state index contributed by atoms with van der Waals surface area (Å²) < 4.78 is 98.0. The van der Waals surface area contributed by atoms with E-state index in [0.717, 1.165) is 0 Å². The average Bonchev–Trinajstić information content (AvgIpc) is 2.46. The smallest absolute Gasteiger partial charge is 0.268 e. The number of rotatable bonds is 13. The van der Waals surface area contributed by atoms with Gasteiger partial charge in [-0.05, 0) is 31.4 Å². The summed E-state index contributed by atoms with van der Waals surface area (Å²) in [6, 6.07) is 0. The van der Waals surface area contributed by atoms with Crippen LogP contribution in [0.15, 0.2) is 0 Å². The molecule has 0 aliphatic rings. The highest BCUT2D eigenvalue weighted by molar-refractivity contribution is 7.89. The molecule has 0 heterocycles. The Hall–Kier alpha value is 1.13.